The average molecular weight is 612 g/mol. The first kappa shape index (κ1) is 25.7. The van der Waals surface area contributed by atoms with Gasteiger partial charge in [-0.2, -0.15) is 8.42 Å². The van der Waals surface area contributed by atoms with Crippen LogP contribution >= 0.6 is 15.9 Å². The molecule has 0 unspecified atom stereocenters. The van der Waals surface area contributed by atoms with E-state index in [2.05, 4.69) is 15.9 Å². The maximum atomic E-state index is 13.0. The van der Waals surface area contributed by atoms with Crippen LogP contribution in [0.1, 0.15) is 0 Å². The van der Waals surface area contributed by atoms with Crippen molar-refractivity contribution < 1.29 is 25.4 Å². The molecule has 0 N–H and O–H groups in total. The van der Waals surface area contributed by atoms with Gasteiger partial charge in [0.15, 0.2) is 11.3 Å². The molecule has 38 heavy (non-hydrogen) atoms. The number of hydrogen-bond acceptors (Lipinski definition) is 7. The predicted octanol–water partition coefficient (Wildman–Crippen LogP) is 5.65. The highest BCUT2D eigenvalue weighted by Crippen LogP contribution is 2.32. The van der Waals surface area contributed by atoms with Crippen molar-refractivity contribution in [3.05, 3.63) is 118 Å². The Morgan fingerprint density at radius 3 is 2.16 bits per heavy atom. The molecule has 0 aliphatic heterocycles. The van der Waals surface area contributed by atoms with Gasteiger partial charge < -0.3 is 8.60 Å². The molecule has 0 aliphatic carbocycles. The molecule has 0 amide bonds. The molecule has 0 spiro atoms. The van der Waals surface area contributed by atoms with Gasteiger partial charge in [0.05, 0.1) is 5.69 Å². The highest BCUT2D eigenvalue weighted by atomic mass is 79.9. The first-order chi connectivity index (χ1) is 18.2. The monoisotopic (exact) mass is 611 g/mol. The zero-order chi connectivity index (χ0) is 26.9. The number of para-hydroxylation sites is 1. The first-order valence-corrected chi connectivity index (χ1v) is 14.4. The number of halogens is 1. The fourth-order valence-corrected chi connectivity index (χ4v) is 6.02. The Morgan fingerprint density at radius 2 is 1.47 bits per heavy atom. The van der Waals surface area contributed by atoms with E-state index in [9.17, 15) is 21.6 Å². The lowest BCUT2D eigenvalue weighted by molar-refractivity contribution is 0.475. The predicted molar refractivity (Wildman–Crippen MR) is 149 cm³/mol. The lowest BCUT2D eigenvalue weighted by Gasteiger charge is -2.17. The number of fused-ring (bicyclic) bond motifs is 1. The number of rotatable bonds is 7. The summed E-state index contributed by atoms with van der Waals surface area (Å²) in [5.41, 5.74) is 0.673. The van der Waals surface area contributed by atoms with Gasteiger partial charge in [0.2, 0.25) is 10.9 Å². The van der Waals surface area contributed by atoms with Gasteiger partial charge in [0, 0.05) is 9.86 Å². The lowest BCUT2D eigenvalue weighted by atomic mass is 10.1. The molecule has 4 aromatic carbocycles. The van der Waals surface area contributed by atoms with Gasteiger partial charge in [-0.25, -0.2) is 17.5 Å². The second-order valence-corrected chi connectivity index (χ2v) is 11.4. The molecular weight excluding hydrogens is 594 g/mol. The first-order valence-electron chi connectivity index (χ1n) is 11.1. The van der Waals surface area contributed by atoms with E-state index in [0.717, 1.165) is 15.4 Å². The summed E-state index contributed by atoms with van der Waals surface area (Å²) in [5, 5.41) is 0.268. The third-order valence-electron chi connectivity index (χ3n) is 5.60. The average Bonchev–Trinajstić information content (AvgIpc) is 2.90. The maximum Gasteiger partial charge on any atom is 0.361 e. The molecular formula is C27H18BrNO7S2. The van der Waals surface area contributed by atoms with Crippen LogP contribution in [-0.2, 0) is 21.0 Å². The van der Waals surface area contributed by atoms with Crippen LogP contribution in [0.15, 0.2) is 122 Å². The highest BCUT2D eigenvalue weighted by molar-refractivity contribution is 9.10. The minimum atomic E-state index is -4.25. The van der Waals surface area contributed by atoms with Crippen LogP contribution < -0.4 is 14.1 Å². The topological polar surface area (TPSA) is 111 Å². The summed E-state index contributed by atoms with van der Waals surface area (Å²) in [7, 11) is -7.52. The van der Waals surface area contributed by atoms with Crippen LogP contribution in [0.4, 0.5) is 11.4 Å². The largest absolute Gasteiger partial charge is 0.417 e. The molecule has 5 rings (SSSR count). The molecule has 0 bridgehead atoms. The second kappa shape index (κ2) is 10.4. The fraction of sp³-hybridized carbons (Fsp3) is 0. The Balaban J connectivity index is 1.54. The van der Waals surface area contributed by atoms with Gasteiger partial charge >= 0.3 is 15.7 Å². The Kier molecular flexibility index (Phi) is 7.06. The van der Waals surface area contributed by atoms with E-state index >= 15 is 0 Å². The summed E-state index contributed by atoms with van der Waals surface area (Å²) in [5.74, 6) is -0.212. The molecule has 0 radical (unpaired) electrons. The van der Waals surface area contributed by atoms with Crippen LogP contribution in [0.25, 0.3) is 22.1 Å². The Labute approximate surface area is 228 Å². The van der Waals surface area contributed by atoms with Crippen molar-refractivity contribution in [2.45, 2.75) is 4.90 Å². The highest BCUT2D eigenvalue weighted by Gasteiger charge is 2.22. The number of hydrogen-bond donors (Lipinski definition) is 1. The third kappa shape index (κ3) is 5.21. The summed E-state index contributed by atoms with van der Waals surface area (Å²) in [6, 6.07) is 27.9. The van der Waals surface area contributed by atoms with E-state index in [-0.39, 0.29) is 33.0 Å². The Morgan fingerprint density at radius 1 is 0.789 bits per heavy atom. The molecule has 1 heterocycles. The number of benzene rings is 4. The quantitative estimate of drug-likeness (QED) is 0.144. The molecule has 8 nitrogen and oxygen atoms in total. The van der Waals surface area contributed by atoms with Crippen LogP contribution in [0.5, 0.6) is 5.75 Å². The van der Waals surface area contributed by atoms with E-state index < -0.39 is 26.6 Å². The third-order valence-corrected chi connectivity index (χ3v) is 8.10. The van der Waals surface area contributed by atoms with Crippen LogP contribution in [0.2, 0.25) is 0 Å². The summed E-state index contributed by atoms with van der Waals surface area (Å²) < 4.78 is 62.2. The minimum absolute atomic E-state index is 0.101. The van der Waals surface area contributed by atoms with Crippen molar-refractivity contribution in [3.8, 4) is 16.9 Å². The normalized spacial score (nSPS) is 11.5. The van der Waals surface area contributed by atoms with Gasteiger partial charge in [0.1, 0.15) is 10.6 Å². The molecule has 0 atom stereocenters. The maximum absolute atomic E-state index is 13.0. The zero-order valence-electron chi connectivity index (χ0n) is 19.4. The second-order valence-electron chi connectivity index (χ2n) is 8.05. The van der Waals surface area contributed by atoms with Crippen molar-refractivity contribution in [1.82, 2.24) is 0 Å². The number of nitrogens with zero attached hydrogens (tertiary/aromatic N) is 1. The lowest BCUT2D eigenvalue weighted by Crippen LogP contribution is -2.21. The molecule has 0 saturated heterocycles. The molecule has 0 saturated carbocycles. The fourth-order valence-electron chi connectivity index (χ4n) is 3.86. The van der Waals surface area contributed by atoms with Crippen molar-refractivity contribution in [2.75, 3.05) is 4.31 Å². The van der Waals surface area contributed by atoms with Crippen LogP contribution in [-0.4, -0.2) is 16.8 Å². The summed E-state index contributed by atoms with van der Waals surface area (Å²) >= 11 is 3.22. The molecule has 1 aromatic heterocycles. The van der Waals surface area contributed by atoms with E-state index in [1.807, 2.05) is 30.3 Å². The van der Waals surface area contributed by atoms with Gasteiger partial charge in [-0.3, -0.25) is 0 Å². The minimum Gasteiger partial charge on any atom is -0.417 e. The smallest absolute Gasteiger partial charge is 0.361 e. The molecule has 11 heteroatoms. The van der Waals surface area contributed by atoms with Gasteiger partial charge in [-0.15, -0.1) is 0 Å². The van der Waals surface area contributed by atoms with Crippen molar-refractivity contribution in [2.24, 2.45) is 0 Å². The summed E-state index contributed by atoms with van der Waals surface area (Å²) in [6.45, 7) is 0. The van der Waals surface area contributed by atoms with Gasteiger partial charge in [0.25, 0.3) is 0 Å². The molecule has 5 aromatic rings. The van der Waals surface area contributed by atoms with Crippen molar-refractivity contribution >= 4 is 59.3 Å². The SMILES string of the molecule is O=c1oc2c(OS(=O)(=O)c3cccc(Br)c3)cccc2cc1N(c1ccc(-c2ccccc2)cc1)[SH](=O)=O. The zero-order valence-corrected chi connectivity index (χ0v) is 22.7. The number of thiol groups is 1. The standard InChI is InChI=1S/C27H18BrNO7S2/c28-21-9-5-10-23(17-21)38(33,34)36-25-11-4-8-20-16-24(27(30)35-26(20)25)29(37(31)32)22-14-12-19(13-15-22)18-6-2-1-3-7-18/h1-17,37H. The van der Waals surface area contributed by atoms with Crippen LogP contribution in [0, 0.1) is 0 Å². The van der Waals surface area contributed by atoms with Gasteiger partial charge in [-0.05, 0) is 53.6 Å². The Bertz CT molecular complexity index is 1880. The summed E-state index contributed by atoms with van der Waals surface area (Å²) in [6.07, 6.45) is 0. The Hall–Kier alpha value is -3.93. The van der Waals surface area contributed by atoms with E-state index in [0.29, 0.717) is 4.47 Å². The van der Waals surface area contributed by atoms with E-state index in [1.165, 1.54) is 30.3 Å². The van der Waals surface area contributed by atoms with Gasteiger partial charge in [-0.1, -0.05) is 76.6 Å². The van der Waals surface area contributed by atoms with Crippen molar-refractivity contribution in [1.29, 1.82) is 0 Å². The molecule has 0 aliphatic rings. The number of anilines is 2. The van der Waals surface area contributed by atoms with E-state index in [1.54, 1.807) is 42.5 Å². The molecule has 0 fully saturated rings. The van der Waals surface area contributed by atoms with Crippen molar-refractivity contribution in [3.63, 3.8) is 0 Å². The molecule has 192 valence electrons. The van der Waals surface area contributed by atoms with E-state index in [4.69, 9.17) is 8.60 Å². The summed E-state index contributed by atoms with van der Waals surface area (Å²) in [4.78, 5) is 12.9. The van der Waals surface area contributed by atoms with Crippen LogP contribution in [0.3, 0.4) is 0 Å².